The van der Waals surface area contributed by atoms with Crippen LogP contribution in [-0.2, 0) is 0 Å². The first-order valence-electron chi connectivity index (χ1n) is 10.8. The second-order valence-corrected chi connectivity index (χ2v) is 10.5. The van der Waals surface area contributed by atoms with Gasteiger partial charge in [-0.2, -0.15) is 0 Å². The lowest BCUT2D eigenvalue weighted by Gasteiger charge is -2.49. The summed E-state index contributed by atoms with van der Waals surface area (Å²) >= 11 is 0. The molecule has 2 atom stereocenters. The fourth-order valence-corrected chi connectivity index (χ4v) is 4.27. The number of phenols is 1. The van der Waals surface area contributed by atoms with Crippen molar-refractivity contribution < 1.29 is 24.1 Å². The van der Waals surface area contributed by atoms with Crippen LogP contribution >= 0.6 is 0 Å². The van der Waals surface area contributed by atoms with Gasteiger partial charge in [-0.3, -0.25) is 0 Å². The van der Waals surface area contributed by atoms with Gasteiger partial charge >= 0.3 is 0 Å². The molecule has 32 heavy (non-hydrogen) atoms. The number of phenolic OH excluding ortho intramolecular Hbond substituents is 1. The molecule has 1 aliphatic carbocycles. The Hall–Kier alpha value is -2.73. The van der Waals surface area contributed by atoms with E-state index >= 15 is 0 Å². The van der Waals surface area contributed by atoms with Crippen LogP contribution in [0.3, 0.4) is 0 Å². The molecule has 6 heteroatoms. The SMILES string of the molecule is COc1cc(-c2nc(C3=CC(C(C)(C)C)C(O)(C(C)(C)C)C=C3)oc2C)cc(OC)c1O. The van der Waals surface area contributed by atoms with Crippen molar-refractivity contribution in [2.75, 3.05) is 14.2 Å². The molecule has 0 saturated carbocycles. The van der Waals surface area contributed by atoms with E-state index in [0.29, 0.717) is 34.4 Å². The average Bonchev–Trinajstić information content (AvgIpc) is 3.08. The van der Waals surface area contributed by atoms with Gasteiger partial charge in [-0.25, -0.2) is 4.98 Å². The van der Waals surface area contributed by atoms with Crippen LogP contribution in [0.1, 0.15) is 53.2 Å². The first-order valence-corrected chi connectivity index (χ1v) is 10.8. The summed E-state index contributed by atoms with van der Waals surface area (Å²) in [6.45, 7) is 14.4. The highest BCUT2D eigenvalue weighted by atomic mass is 16.5. The number of hydrogen-bond acceptors (Lipinski definition) is 6. The van der Waals surface area contributed by atoms with E-state index in [1.807, 2.05) is 39.8 Å². The predicted molar refractivity (Wildman–Crippen MR) is 126 cm³/mol. The lowest BCUT2D eigenvalue weighted by atomic mass is 9.59. The number of rotatable bonds is 4. The standard InChI is InChI=1S/C26H35NO5/c1-15-21(17-12-18(30-8)22(28)19(13-17)31-9)27-23(32-15)16-10-11-26(29,25(5,6)7)20(14-16)24(2,3)4/h10-14,20,28-29H,1-9H3. The molecule has 0 saturated heterocycles. The molecule has 0 fully saturated rings. The molecule has 0 amide bonds. The van der Waals surface area contributed by atoms with Gasteiger partial charge in [0.1, 0.15) is 11.5 Å². The molecule has 2 N–H and O–H groups in total. The number of nitrogens with zero attached hydrogens (tertiary/aromatic N) is 1. The van der Waals surface area contributed by atoms with E-state index in [2.05, 4.69) is 26.8 Å². The number of aryl methyl sites for hydroxylation is 1. The van der Waals surface area contributed by atoms with Crippen molar-refractivity contribution >= 4 is 5.57 Å². The molecule has 1 aromatic carbocycles. The molecule has 6 nitrogen and oxygen atoms in total. The predicted octanol–water partition coefficient (Wildman–Crippen LogP) is 5.77. The Bertz CT molecular complexity index is 1040. The molecule has 3 rings (SSSR count). The van der Waals surface area contributed by atoms with E-state index < -0.39 is 5.60 Å². The van der Waals surface area contributed by atoms with Crippen LogP contribution < -0.4 is 9.47 Å². The molecular weight excluding hydrogens is 406 g/mol. The number of allylic oxidation sites excluding steroid dienone is 2. The van der Waals surface area contributed by atoms with Crippen LogP contribution in [-0.4, -0.2) is 35.0 Å². The Morgan fingerprint density at radius 2 is 1.59 bits per heavy atom. The first kappa shape index (κ1) is 23.9. The third-order valence-corrected chi connectivity index (χ3v) is 6.27. The minimum Gasteiger partial charge on any atom is -0.502 e. The number of benzene rings is 1. The van der Waals surface area contributed by atoms with Crippen molar-refractivity contribution in [2.24, 2.45) is 16.7 Å². The van der Waals surface area contributed by atoms with Gasteiger partial charge < -0.3 is 24.1 Å². The fraction of sp³-hybridized carbons (Fsp3) is 0.500. The van der Waals surface area contributed by atoms with Gasteiger partial charge in [-0.05, 0) is 29.9 Å². The second kappa shape index (κ2) is 8.00. The topological polar surface area (TPSA) is 85.0 Å². The quantitative estimate of drug-likeness (QED) is 0.627. The molecule has 0 bridgehead atoms. The summed E-state index contributed by atoms with van der Waals surface area (Å²) in [6, 6.07) is 3.40. The van der Waals surface area contributed by atoms with Crippen molar-refractivity contribution in [3.05, 3.63) is 42.0 Å². The van der Waals surface area contributed by atoms with Gasteiger partial charge in [0.15, 0.2) is 11.5 Å². The highest BCUT2D eigenvalue weighted by Crippen LogP contribution is 2.50. The maximum absolute atomic E-state index is 11.6. The van der Waals surface area contributed by atoms with Crippen molar-refractivity contribution in [2.45, 2.75) is 54.1 Å². The Labute approximate surface area is 190 Å². The van der Waals surface area contributed by atoms with Crippen molar-refractivity contribution in [3.63, 3.8) is 0 Å². The Morgan fingerprint density at radius 1 is 1.03 bits per heavy atom. The molecule has 2 unspecified atom stereocenters. The molecule has 2 aromatic rings. The normalized spacial score (nSPS) is 21.4. The summed E-state index contributed by atoms with van der Waals surface area (Å²) in [6.07, 6.45) is 5.84. The molecule has 174 valence electrons. The van der Waals surface area contributed by atoms with E-state index in [1.165, 1.54) is 14.2 Å². The van der Waals surface area contributed by atoms with Gasteiger partial charge in [-0.15, -0.1) is 0 Å². The van der Waals surface area contributed by atoms with Gasteiger partial charge in [0.25, 0.3) is 0 Å². The average molecular weight is 442 g/mol. The summed E-state index contributed by atoms with van der Waals surface area (Å²) in [5.74, 6) is 1.50. The van der Waals surface area contributed by atoms with Crippen LogP contribution in [0, 0.1) is 23.7 Å². The summed E-state index contributed by atoms with van der Waals surface area (Å²) in [5.41, 5.74) is 0.640. The van der Waals surface area contributed by atoms with Crippen LogP contribution in [0.15, 0.2) is 34.8 Å². The van der Waals surface area contributed by atoms with Crippen molar-refractivity contribution in [1.29, 1.82) is 0 Å². The van der Waals surface area contributed by atoms with Gasteiger partial charge in [0.2, 0.25) is 11.6 Å². The van der Waals surface area contributed by atoms with E-state index in [1.54, 1.807) is 12.1 Å². The largest absolute Gasteiger partial charge is 0.502 e. The lowest BCUT2D eigenvalue weighted by Crippen LogP contribution is -2.52. The highest BCUT2D eigenvalue weighted by Gasteiger charge is 2.49. The molecule has 1 aromatic heterocycles. The zero-order chi connectivity index (χ0) is 24.1. The number of methoxy groups -OCH3 is 2. The maximum atomic E-state index is 11.6. The van der Waals surface area contributed by atoms with E-state index in [4.69, 9.17) is 18.9 Å². The number of oxazole rings is 1. The maximum Gasteiger partial charge on any atom is 0.226 e. The Kier molecular flexibility index (Phi) is 5.98. The monoisotopic (exact) mass is 441 g/mol. The van der Waals surface area contributed by atoms with Crippen LogP contribution in [0.4, 0.5) is 0 Å². The van der Waals surface area contributed by atoms with Crippen LogP contribution in [0.2, 0.25) is 0 Å². The molecule has 1 aliphatic rings. The number of ether oxygens (including phenoxy) is 2. The van der Waals surface area contributed by atoms with Crippen molar-refractivity contribution in [1.82, 2.24) is 4.98 Å². The van der Waals surface area contributed by atoms with Crippen LogP contribution in [0.25, 0.3) is 16.8 Å². The first-order chi connectivity index (χ1) is 14.7. The zero-order valence-electron chi connectivity index (χ0n) is 20.5. The smallest absolute Gasteiger partial charge is 0.226 e. The summed E-state index contributed by atoms with van der Waals surface area (Å²) < 4.78 is 16.6. The van der Waals surface area contributed by atoms with Gasteiger partial charge in [0.05, 0.1) is 19.8 Å². The minimum atomic E-state index is -1.00. The van der Waals surface area contributed by atoms with E-state index in [9.17, 15) is 10.2 Å². The summed E-state index contributed by atoms with van der Waals surface area (Å²) in [7, 11) is 2.97. The molecule has 0 spiro atoms. The second-order valence-electron chi connectivity index (χ2n) is 10.5. The number of aromatic hydroxyl groups is 1. The number of hydrogen-bond donors (Lipinski definition) is 2. The summed E-state index contributed by atoms with van der Waals surface area (Å²) in [5, 5.41) is 21.8. The molecule has 0 radical (unpaired) electrons. The van der Waals surface area contributed by atoms with Gasteiger partial charge in [0, 0.05) is 17.1 Å². The summed E-state index contributed by atoms with van der Waals surface area (Å²) in [4.78, 5) is 4.75. The Morgan fingerprint density at radius 3 is 2.06 bits per heavy atom. The van der Waals surface area contributed by atoms with E-state index in [0.717, 1.165) is 5.57 Å². The third-order valence-electron chi connectivity index (χ3n) is 6.27. The lowest BCUT2D eigenvalue weighted by molar-refractivity contribution is -0.0797. The van der Waals surface area contributed by atoms with E-state index in [-0.39, 0.29) is 22.5 Å². The number of aliphatic hydroxyl groups is 1. The minimum absolute atomic E-state index is 0.0625. The zero-order valence-corrected chi connectivity index (χ0v) is 20.5. The number of aromatic nitrogens is 1. The molecule has 0 aliphatic heterocycles. The fourth-order valence-electron chi connectivity index (χ4n) is 4.27. The highest BCUT2D eigenvalue weighted by molar-refractivity contribution is 5.75. The molecular formula is C26H35NO5. The third kappa shape index (κ3) is 4.04. The molecule has 1 heterocycles. The Balaban J connectivity index is 2.09. The van der Waals surface area contributed by atoms with Crippen molar-refractivity contribution in [3.8, 4) is 28.5 Å². The van der Waals surface area contributed by atoms with Gasteiger partial charge in [-0.1, -0.05) is 59.8 Å². The van der Waals surface area contributed by atoms with Crippen LogP contribution in [0.5, 0.6) is 17.2 Å².